The molecule has 0 amide bonds. The molecule has 0 aliphatic heterocycles. The average Bonchev–Trinajstić information content (AvgIpc) is 2.29. The Morgan fingerprint density at radius 3 is 2.81 bits per heavy atom. The number of nitro groups is 1. The third-order valence-corrected chi connectivity index (χ3v) is 2.35. The van der Waals surface area contributed by atoms with Gasteiger partial charge in [-0.15, -0.1) is 0 Å². The van der Waals surface area contributed by atoms with E-state index in [1.54, 1.807) is 6.07 Å². The Hall–Kier alpha value is -2.09. The maximum Gasteiger partial charge on any atom is 0.270 e. The molecule has 5 heteroatoms. The van der Waals surface area contributed by atoms with Crippen molar-refractivity contribution >= 4 is 11.4 Å². The molecule has 1 aromatic rings. The van der Waals surface area contributed by atoms with E-state index in [2.05, 4.69) is 5.32 Å². The van der Waals surface area contributed by atoms with Gasteiger partial charge in [-0.05, 0) is 19.4 Å². The highest BCUT2D eigenvalue weighted by atomic mass is 16.6. The zero-order chi connectivity index (χ0) is 12.1. The molecule has 0 fully saturated rings. The predicted octanol–water partition coefficient (Wildman–Crippen LogP) is 2.68. The van der Waals surface area contributed by atoms with E-state index >= 15 is 0 Å². The number of hydrogen-bond acceptors (Lipinski definition) is 4. The van der Waals surface area contributed by atoms with Crippen molar-refractivity contribution in [2.75, 3.05) is 5.32 Å². The summed E-state index contributed by atoms with van der Waals surface area (Å²) in [5.74, 6) is 0. The first-order valence-electron chi connectivity index (χ1n) is 5.03. The normalized spacial score (nSPS) is 11.6. The van der Waals surface area contributed by atoms with Crippen molar-refractivity contribution in [1.29, 1.82) is 5.26 Å². The van der Waals surface area contributed by atoms with Gasteiger partial charge in [-0.1, -0.05) is 6.92 Å². The van der Waals surface area contributed by atoms with Crippen molar-refractivity contribution in [2.24, 2.45) is 0 Å². The molecule has 0 heterocycles. The molecule has 0 aromatic heterocycles. The first kappa shape index (κ1) is 12.0. The van der Waals surface area contributed by atoms with E-state index in [9.17, 15) is 10.1 Å². The van der Waals surface area contributed by atoms with Crippen LogP contribution in [0.1, 0.15) is 25.8 Å². The summed E-state index contributed by atoms with van der Waals surface area (Å²) >= 11 is 0. The van der Waals surface area contributed by atoms with Gasteiger partial charge in [-0.3, -0.25) is 10.1 Å². The van der Waals surface area contributed by atoms with Crippen LogP contribution in [0.2, 0.25) is 0 Å². The zero-order valence-electron chi connectivity index (χ0n) is 9.23. The third-order valence-electron chi connectivity index (χ3n) is 2.35. The van der Waals surface area contributed by atoms with E-state index < -0.39 is 4.92 Å². The lowest BCUT2D eigenvalue weighted by Crippen LogP contribution is -2.14. The molecule has 1 atom stereocenters. The quantitative estimate of drug-likeness (QED) is 0.623. The summed E-state index contributed by atoms with van der Waals surface area (Å²) in [4.78, 5) is 10.0. The van der Waals surface area contributed by atoms with Crippen molar-refractivity contribution in [2.45, 2.75) is 26.3 Å². The number of nitrogens with one attached hydrogen (secondary N) is 1. The van der Waals surface area contributed by atoms with Gasteiger partial charge in [0.2, 0.25) is 0 Å². The number of nitrogens with zero attached hydrogens (tertiary/aromatic N) is 2. The fourth-order valence-electron chi connectivity index (χ4n) is 1.23. The highest BCUT2D eigenvalue weighted by Gasteiger charge is 2.11. The molecule has 84 valence electrons. The molecule has 0 saturated carbocycles. The maximum absolute atomic E-state index is 10.5. The smallest absolute Gasteiger partial charge is 0.270 e. The monoisotopic (exact) mass is 219 g/mol. The number of nitro benzene ring substituents is 1. The highest BCUT2D eigenvalue weighted by molar-refractivity contribution is 5.61. The van der Waals surface area contributed by atoms with E-state index in [1.807, 2.05) is 19.9 Å². The van der Waals surface area contributed by atoms with Crippen LogP contribution in [0.25, 0.3) is 0 Å². The van der Waals surface area contributed by atoms with Gasteiger partial charge in [0.15, 0.2) is 0 Å². The number of rotatable bonds is 4. The van der Waals surface area contributed by atoms with E-state index in [0.29, 0.717) is 11.3 Å². The van der Waals surface area contributed by atoms with Gasteiger partial charge in [0.05, 0.1) is 16.2 Å². The van der Waals surface area contributed by atoms with Crippen LogP contribution in [0, 0.1) is 21.4 Å². The second-order valence-electron chi connectivity index (χ2n) is 3.55. The number of anilines is 1. The molecule has 16 heavy (non-hydrogen) atoms. The molecule has 5 nitrogen and oxygen atoms in total. The molecule has 1 aromatic carbocycles. The number of hydrogen-bond donors (Lipinski definition) is 1. The summed E-state index contributed by atoms with van der Waals surface area (Å²) in [5.41, 5.74) is 0.878. The molecule has 0 radical (unpaired) electrons. The molecular weight excluding hydrogens is 206 g/mol. The van der Waals surface area contributed by atoms with Crippen molar-refractivity contribution in [3.63, 3.8) is 0 Å². The Bertz CT molecular complexity index is 437. The third kappa shape index (κ3) is 2.70. The minimum absolute atomic E-state index is 0.0637. The van der Waals surface area contributed by atoms with Crippen molar-refractivity contribution in [3.05, 3.63) is 33.9 Å². The number of nitriles is 1. The molecule has 0 saturated heterocycles. The van der Waals surface area contributed by atoms with Gasteiger partial charge in [0.25, 0.3) is 5.69 Å². The summed E-state index contributed by atoms with van der Waals surface area (Å²) in [6, 6.07) is 6.43. The van der Waals surface area contributed by atoms with Crippen LogP contribution in [0.4, 0.5) is 11.4 Å². The van der Waals surface area contributed by atoms with Gasteiger partial charge in [0, 0.05) is 18.2 Å². The standard InChI is InChI=1S/C11H13N3O2/c1-3-8(2)13-11-5-4-10(14(15)16)6-9(11)7-12/h4-6,8,13H,3H2,1-2H3. The fraction of sp³-hybridized carbons (Fsp3) is 0.364. The lowest BCUT2D eigenvalue weighted by molar-refractivity contribution is -0.384. The van der Waals surface area contributed by atoms with E-state index in [-0.39, 0.29) is 11.7 Å². The summed E-state index contributed by atoms with van der Waals surface area (Å²) < 4.78 is 0. The topological polar surface area (TPSA) is 79.0 Å². The molecule has 1 unspecified atom stereocenters. The van der Waals surface area contributed by atoms with Crippen LogP contribution in [-0.4, -0.2) is 11.0 Å². The lowest BCUT2D eigenvalue weighted by Gasteiger charge is -2.13. The van der Waals surface area contributed by atoms with E-state index in [4.69, 9.17) is 5.26 Å². The van der Waals surface area contributed by atoms with E-state index in [1.165, 1.54) is 12.1 Å². The van der Waals surface area contributed by atoms with Crippen LogP contribution < -0.4 is 5.32 Å². The summed E-state index contributed by atoms with van der Waals surface area (Å²) in [6.45, 7) is 4.01. The SMILES string of the molecule is CCC(C)Nc1ccc([N+](=O)[O-])cc1C#N. The molecule has 0 spiro atoms. The van der Waals surface area contributed by atoms with Gasteiger partial charge < -0.3 is 5.32 Å². The van der Waals surface area contributed by atoms with Crippen molar-refractivity contribution < 1.29 is 4.92 Å². The first-order chi connectivity index (χ1) is 7.58. The molecule has 1 N–H and O–H groups in total. The van der Waals surface area contributed by atoms with Gasteiger partial charge in [-0.2, -0.15) is 5.26 Å². The minimum Gasteiger partial charge on any atom is -0.382 e. The molecule has 0 aliphatic carbocycles. The van der Waals surface area contributed by atoms with Crippen LogP contribution in [0.15, 0.2) is 18.2 Å². The Balaban J connectivity index is 3.03. The summed E-state index contributed by atoms with van der Waals surface area (Å²) in [5, 5.41) is 22.6. The minimum atomic E-state index is -0.506. The van der Waals surface area contributed by atoms with Crippen LogP contribution in [-0.2, 0) is 0 Å². The highest BCUT2D eigenvalue weighted by Crippen LogP contribution is 2.22. The summed E-state index contributed by atoms with van der Waals surface area (Å²) in [7, 11) is 0. The number of non-ortho nitro benzene ring substituents is 1. The van der Waals surface area contributed by atoms with Crippen molar-refractivity contribution in [3.8, 4) is 6.07 Å². The van der Waals surface area contributed by atoms with E-state index in [0.717, 1.165) is 6.42 Å². The molecule has 0 aliphatic rings. The zero-order valence-corrected chi connectivity index (χ0v) is 9.23. The molecule has 0 bridgehead atoms. The predicted molar refractivity (Wildman–Crippen MR) is 61.2 cm³/mol. The van der Waals surface area contributed by atoms with Crippen molar-refractivity contribution in [1.82, 2.24) is 0 Å². The Kier molecular flexibility index (Phi) is 3.84. The largest absolute Gasteiger partial charge is 0.382 e. The Morgan fingerprint density at radius 2 is 2.31 bits per heavy atom. The van der Waals surface area contributed by atoms with Gasteiger partial charge >= 0.3 is 0 Å². The fourth-order valence-corrected chi connectivity index (χ4v) is 1.23. The Labute approximate surface area is 93.9 Å². The number of benzene rings is 1. The van der Waals surface area contributed by atoms with Crippen LogP contribution >= 0.6 is 0 Å². The van der Waals surface area contributed by atoms with Gasteiger partial charge in [0.1, 0.15) is 6.07 Å². The Morgan fingerprint density at radius 1 is 1.62 bits per heavy atom. The van der Waals surface area contributed by atoms with Crippen LogP contribution in [0.3, 0.4) is 0 Å². The second-order valence-corrected chi connectivity index (χ2v) is 3.55. The molecule has 1 rings (SSSR count). The summed E-state index contributed by atoms with van der Waals surface area (Å²) in [6.07, 6.45) is 0.919. The first-order valence-corrected chi connectivity index (χ1v) is 5.03. The van der Waals surface area contributed by atoms with Crippen LogP contribution in [0.5, 0.6) is 0 Å². The second kappa shape index (κ2) is 5.12. The van der Waals surface area contributed by atoms with Gasteiger partial charge in [-0.25, -0.2) is 0 Å². The molecular formula is C11H13N3O2. The lowest BCUT2D eigenvalue weighted by atomic mass is 10.1. The maximum atomic E-state index is 10.5. The average molecular weight is 219 g/mol.